The molecule has 2 N–H and O–H groups in total. The zero-order valence-corrected chi connectivity index (χ0v) is 11.1. The van der Waals surface area contributed by atoms with Crippen LogP contribution in [0.15, 0.2) is 36.4 Å². The minimum atomic E-state index is 0.718. The number of aromatic nitrogens is 1. The van der Waals surface area contributed by atoms with Gasteiger partial charge in [0.05, 0.1) is 5.69 Å². The van der Waals surface area contributed by atoms with Gasteiger partial charge in [-0.05, 0) is 31.5 Å². The summed E-state index contributed by atoms with van der Waals surface area (Å²) in [5, 5.41) is 0. The molecule has 0 aliphatic carbocycles. The molecule has 0 spiro atoms. The molecule has 1 heterocycles. The second-order valence-corrected chi connectivity index (χ2v) is 4.71. The van der Waals surface area contributed by atoms with Crippen molar-refractivity contribution in [3.8, 4) is 0 Å². The molecular formula is C15H19N3. The molecule has 3 nitrogen and oxygen atoms in total. The number of benzene rings is 1. The molecule has 0 amide bonds. The molecule has 0 radical (unpaired) electrons. The van der Waals surface area contributed by atoms with E-state index in [1.54, 1.807) is 0 Å². The Morgan fingerprint density at radius 2 is 1.72 bits per heavy atom. The van der Waals surface area contributed by atoms with Crippen LogP contribution >= 0.6 is 0 Å². The number of hydrogen-bond acceptors (Lipinski definition) is 3. The van der Waals surface area contributed by atoms with E-state index in [1.165, 1.54) is 11.1 Å². The normalized spacial score (nSPS) is 10.4. The van der Waals surface area contributed by atoms with E-state index in [9.17, 15) is 0 Å². The smallest absolute Gasteiger partial charge is 0.152 e. The van der Waals surface area contributed by atoms with Crippen molar-refractivity contribution < 1.29 is 0 Å². The largest absolute Gasteiger partial charge is 0.396 e. The predicted octanol–water partition coefficient (Wildman–Crippen LogP) is 2.92. The number of rotatable bonds is 3. The highest BCUT2D eigenvalue weighted by molar-refractivity contribution is 5.62. The highest BCUT2D eigenvalue weighted by Gasteiger charge is 2.07. The monoisotopic (exact) mass is 241 g/mol. The molecule has 0 aliphatic heterocycles. The fourth-order valence-corrected chi connectivity index (χ4v) is 1.90. The standard InChI is InChI=1S/C15H19N3/c1-11-4-7-13(8-5-11)10-18(3)15-14(16)9-6-12(2)17-15/h4-9H,10,16H2,1-3H3. The van der Waals surface area contributed by atoms with Crippen molar-refractivity contribution in [2.75, 3.05) is 17.7 Å². The van der Waals surface area contributed by atoms with E-state index >= 15 is 0 Å². The number of nitrogen functional groups attached to an aromatic ring is 1. The van der Waals surface area contributed by atoms with Gasteiger partial charge in [0, 0.05) is 19.3 Å². The van der Waals surface area contributed by atoms with Gasteiger partial charge in [-0.1, -0.05) is 29.8 Å². The van der Waals surface area contributed by atoms with Crippen LogP contribution in [0.5, 0.6) is 0 Å². The first-order chi connectivity index (χ1) is 8.56. The summed E-state index contributed by atoms with van der Waals surface area (Å²) < 4.78 is 0. The zero-order valence-electron chi connectivity index (χ0n) is 11.1. The van der Waals surface area contributed by atoms with Gasteiger partial charge in [0.15, 0.2) is 5.82 Å². The molecule has 0 unspecified atom stereocenters. The van der Waals surface area contributed by atoms with Crippen LogP contribution in [0.1, 0.15) is 16.8 Å². The molecule has 0 bridgehead atoms. The van der Waals surface area contributed by atoms with Crippen LogP contribution in [-0.2, 0) is 6.54 Å². The Bertz CT molecular complexity index is 532. The third kappa shape index (κ3) is 2.80. The number of hydrogen-bond donors (Lipinski definition) is 1. The first-order valence-corrected chi connectivity index (χ1v) is 6.06. The average molecular weight is 241 g/mol. The van der Waals surface area contributed by atoms with Crippen LogP contribution in [0.4, 0.5) is 11.5 Å². The number of pyridine rings is 1. The maximum Gasteiger partial charge on any atom is 0.152 e. The topological polar surface area (TPSA) is 42.2 Å². The van der Waals surface area contributed by atoms with Gasteiger partial charge in [0.1, 0.15) is 0 Å². The van der Waals surface area contributed by atoms with Crippen molar-refractivity contribution in [1.82, 2.24) is 4.98 Å². The van der Waals surface area contributed by atoms with Gasteiger partial charge in [0.2, 0.25) is 0 Å². The van der Waals surface area contributed by atoms with Gasteiger partial charge in [-0.2, -0.15) is 0 Å². The second kappa shape index (κ2) is 5.08. The van der Waals surface area contributed by atoms with E-state index in [0.29, 0.717) is 0 Å². The lowest BCUT2D eigenvalue weighted by atomic mass is 10.1. The highest BCUT2D eigenvalue weighted by Crippen LogP contribution is 2.21. The first kappa shape index (κ1) is 12.4. The van der Waals surface area contributed by atoms with E-state index in [4.69, 9.17) is 5.73 Å². The minimum Gasteiger partial charge on any atom is -0.396 e. The lowest BCUT2D eigenvalue weighted by Gasteiger charge is -2.20. The Hall–Kier alpha value is -2.03. The van der Waals surface area contributed by atoms with Gasteiger partial charge in [-0.15, -0.1) is 0 Å². The van der Waals surface area contributed by atoms with Gasteiger partial charge < -0.3 is 10.6 Å². The van der Waals surface area contributed by atoms with Crippen LogP contribution in [0.25, 0.3) is 0 Å². The van der Waals surface area contributed by atoms with Crippen molar-refractivity contribution in [3.05, 3.63) is 53.2 Å². The molecule has 3 heteroatoms. The summed E-state index contributed by atoms with van der Waals surface area (Å²) in [7, 11) is 2.01. The first-order valence-electron chi connectivity index (χ1n) is 6.06. The molecule has 94 valence electrons. The summed E-state index contributed by atoms with van der Waals surface area (Å²) in [5.74, 6) is 0.843. The van der Waals surface area contributed by atoms with E-state index in [-0.39, 0.29) is 0 Å². The molecule has 0 saturated heterocycles. The van der Waals surface area contributed by atoms with Crippen molar-refractivity contribution in [2.45, 2.75) is 20.4 Å². The molecule has 0 fully saturated rings. The lowest BCUT2D eigenvalue weighted by Crippen LogP contribution is -2.19. The van der Waals surface area contributed by atoms with E-state index in [1.807, 2.05) is 26.1 Å². The Kier molecular flexibility index (Phi) is 3.51. The summed E-state index contributed by atoms with van der Waals surface area (Å²) >= 11 is 0. The van der Waals surface area contributed by atoms with Gasteiger partial charge in [-0.3, -0.25) is 0 Å². The quantitative estimate of drug-likeness (QED) is 0.898. The Labute approximate surface area is 108 Å². The zero-order chi connectivity index (χ0) is 13.1. The summed E-state index contributed by atoms with van der Waals surface area (Å²) in [5.41, 5.74) is 10.2. The molecule has 0 atom stereocenters. The van der Waals surface area contributed by atoms with Crippen molar-refractivity contribution in [1.29, 1.82) is 0 Å². The Morgan fingerprint density at radius 3 is 2.39 bits per heavy atom. The van der Waals surface area contributed by atoms with Crippen LogP contribution < -0.4 is 10.6 Å². The summed E-state index contributed by atoms with van der Waals surface area (Å²) in [6.07, 6.45) is 0. The molecular weight excluding hydrogens is 222 g/mol. The molecule has 2 aromatic rings. The summed E-state index contributed by atoms with van der Waals surface area (Å²) in [6.45, 7) is 4.87. The average Bonchev–Trinajstić information content (AvgIpc) is 2.35. The molecule has 18 heavy (non-hydrogen) atoms. The molecule has 1 aromatic carbocycles. The molecule has 0 aliphatic rings. The van der Waals surface area contributed by atoms with Crippen LogP contribution in [0.3, 0.4) is 0 Å². The number of aryl methyl sites for hydroxylation is 2. The number of nitrogens with two attached hydrogens (primary N) is 1. The van der Waals surface area contributed by atoms with Crippen molar-refractivity contribution in [2.24, 2.45) is 0 Å². The van der Waals surface area contributed by atoms with Crippen LogP contribution in [0, 0.1) is 13.8 Å². The highest BCUT2D eigenvalue weighted by atomic mass is 15.2. The van der Waals surface area contributed by atoms with Gasteiger partial charge >= 0.3 is 0 Å². The van der Waals surface area contributed by atoms with E-state index < -0.39 is 0 Å². The molecule has 0 saturated carbocycles. The van der Waals surface area contributed by atoms with Crippen LogP contribution in [-0.4, -0.2) is 12.0 Å². The minimum absolute atomic E-state index is 0.718. The van der Waals surface area contributed by atoms with Crippen LogP contribution in [0.2, 0.25) is 0 Å². The van der Waals surface area contributed by atoms with Crippen molar-refractivity contribution >= 4 is 11.5 Å². The lowest BCUT2D eigenvalue weighted by molar-refractivity contribution is 0.894. The maximum absolute atomic E-state index is 5.96. The Morgan fingerprint density at radius 1 is 1.06 bits per heavy atom. The Balaban J connectivity index is 2.18. The maximum atomic E-state index is 5.96. The SMILES string of the molecule is Cc1ccc(CN(C)c2nc(C)ccc2N)cc1. The molecule has 2 rings (SSSR count). The fraction of sp³-hybridized carbons (Fsp3) is 0.267. The number of anilines is 2. The van der Waals surface area contributed by atoms with Gasteiger partial charge in [-0.25, -0.2) is 4.98 Å². The third-order valence-corrected chi connectivity index (χ3v) is 2.95. The number of nitrogens with zero attached hydrogens (tertiary/aromatic N) is 2. The predicted molar refractivity (Wildman–Crippen MR) is 76.7 cm³/mol. The fourth-order valence-electron chi connectivity index (χ4n) is 1.90. The van der Waals surface area contributed by atoms with Gasteiger partial charge in [0.25, 0.3) is 0 Å². The molecule has 1 aromatic heterocycles. The van der Waals surface area contributed by atoms with E-state index in [0.717, 1.165) is 23.7 Å². The van der Waals surface area contributed by atoms with Crippen molar-refractivity contribution in [3.63, 3.8) is 0 Å². The summed E-state index contributed by atoms with van der Waals surface area (Å²) in [6, 6.07) is 12.4. The third-order valence-electron chi connectivity index (χ3n) is 2.95. The van der Waals surface area contributed by atoms with E-state index in [2.05, 4.69) is 41.1 Å². The summed E-state index contributed by atoms with van der Waals surface area (Å²) in [4.78, 5) is 6.56. The second-order valence-electron chi connectivity index (χ2n) is 4.71.